The molecule has 2 nitrogen and oxygen atoms in total. The van der Waals surface area contributed by atoms with Crippen LogP contribution in [0, 0.1) is 26.7 Å². The molecule has 98 valence electrons. The van der Waals surface area contributed by atoms with Crippen molar-refractivity contribution in [3.63, 3.8) is 0 Å². The van der Waals surface area contributed by atoms with Crippen LogP contribution in [0.2, 0.25) is 0 Å². The van der Waals surface area contributed by atoms with Gasteiger partial charge in [0.15, 0.2) is 0 Å². The van der Waals surface area contributed by atoms with E-state index in [0.717, 1.165) is 19.6 Å². The minimum Gasteiger partial charge on any atom is -0.387 e. The third-order valence-electron chi connectivity index (χ3n) is 4.55. The predicted octanol–water partition coefficient (Wildman–Crippen LogP) is 2.57. The lowest BCUT2D eigenvalue weighted by molar-refractivity contribution is -0.116. The van der Waals surface area contributed by atoms with Crippen LogP contribution in [0.25, 0.3) is 0 Å². The molecule has 2 heteroatoms. The van der Waals surface area contributed by atoms with Gasteiger partial charge in [-0.25, -0.2) is 0 Å². The molecule has 2 fully saturated rings. The van der Waals surface area contributed by atoms with Gasteiger partial charge in [0, 0.05) is 19.6 Å². The Balaban J connectivity index is 1.68. The molecule has 0 aromatic heterocycles. The van der Waals surface area contributed by atoms with E-state index < -0.39 is 0 Å². The normalized spacial score (nSPS) is 22.9. The van der Waals surface area contributed by atoms with Crippen LogP contribution in [0.5, 0.6) is 0 Å². The Morgan fingerprint density at radius 3 is 2.22 bits per heavy atom. The molecule has 18 heavy (non-hydrogen) atoms. The van der Waals surface area contributed by atoms with E-state index in [0.29, 0.717) is 5.92 Å². The third-order valence-corrected chi connectivity index (χ3v) is 4.55. The van der Waals surface area contributed by atoms with E-state index in [4.69, 9.17) is 0 Å². The first-order chi connectivity index (χ1) is 8.48. The summed E-state index contributed by atoms with van der Waals surface area (Å²) < 4.78 is 0. The Bertz CT molecular complexity index is 447. The molecule has 1 saturated heterocycles. The van der Waals surface area contributed by atoms with Crippen LogP contribution < -0.4 is 0 Å². The molecule has 1 saturated carbocycles. The maximum Gasteiger partial charge on any atom is 0.0928 e. The minimum absolute atomic E-state index is 0.355. The summed E-state index contributed by atoms with van der Waals surface area (Å²) >= 11 is 0. The average Bonchev–Trinajstić information content (AvgIpc) is 3.03. The Morgan fingerprint density at radius 1 is 1.17 bits per heavy atom. The second kappa shape index (κ2) is 4.07. The van der Waals surface area contributed by atoms with Gasteiger partial charge in [-0.15, -0.1) is 0 Å². The number of benzene rings is 1. The molecule has 1 aliphatic heterocycles. The van der Waals surface area contributed by atoms with Gasteiger partial charge in [0.1, 0.15) is 0 Å². The van der Waals surface area contributed by atoms with Gasteiger partial charge in [0.2, 0.25) is 0 Å². The van der Waals surface area contributed by atoms with Crippen LogP contribution in [-0.2, 0) is 6.54 Å². The van der Waals surface area contributed by atoms with Crippen molar-refractivity contribution in [1.29, 1.82) is 0 Å². The van der Waals surface area contributed by atoms with Gasteiger partial charge in [-0.3, -0.25) is 4.90 Å². The Morgan fingerprint density at radius 2 is 1.72 bits per heavy atom. The Hall–Kier alpha value is -0.860. The van der Waals surface area contributed by atoms with E-state index >= 15 is 0 Å². The monoisotopic (exact) mass is 245 g/mol. The van der Waals surface area contributed by atoms with Gasteiger partial charge >= 0.3 is 0 Å². The third kappa shape index (κ3) is 2.08. The van der Waals surface area contributed by atoms with Gasteiger partial charge in [-0.1, -0.05) is 17.7 Å². The molecule has 1 heterocycles. The largest absolute Gasteiger partial charge is 0.387 e. The number of β-amino-alcohol motifs (C(OH)–C–C–N with tert-alkyl or cyclic N) is 1. The molecule has 0 atom stereocenters. The van der Waals surface area contributed by atoms with Gasteiger partial charge in [-0.05, 0) is 56.2 Å². The molecule has 2 aliphatic rings. The molecule has 0 amide bonds. The SMILES string of the molecule is Cc1cc(C)c(CN2CC(O)(C3CC3)C2)c(C)c1. The number of rotatable bonds is 3. The summed E-state index contributed by atoms with van der Waals surface area (Å²) in [7, 11) is 0. The number of aryl methyl sites for hydroxylation is 3. The zero-order valence-electron chi connectivity index (χ0n) is 11.7. The lowest BCUT2D eigenvalue weighted by atomic mass is 9.87. The molecule has 3 rings (SSSR count). The summed E-state index contributed by atoms with van der Waals surface area (Å²) in [6.45, 7) is 9.27. The second-order valence-corrected chi connectivity index (χ2v) is 6.40. The van der Waals surface area contributed by atoms with Crippen LogP contribution >= 0.6 is 0 Å². The number of likely N-dealkylation sites (tertiary alicyclic amines) is 1. The standard InChI is InChI=1S/C16H23NO/c1-11-6-12(2)15(13(3)7-11)8-17-9-16(18,10-17)14-4-5-14/h6-7,14,18H,4-5,8-10H2,1-3H3. The first kappa shape index (κ1) is 12.2. The van der Waals surface area contributed by atoms with E-state index in [1.807, 2.05) is 0 Å². The fraction of sp³-hybridized carbons (Fsp3) is 0.625. The number of aliphatic hydroxyl groups is 1. The fourth-order valence-electron chi connectivity index (χ4n) is 3.40. The van der Waals surface area contributed by atoms with E-state index in [2.05, 4.69) is 37.8 Å². The lowest BCUT2D eigenvalue weighted by Crippen LogP contribution is -2.62. The molecule has 1 aromatic carbocycles. The zero-order valence-corrected chi connectivity index (χ0v) is 11.7. The number of nitrogens with zero attached hydrogens (tertiary/aromatic N) is 1. The minimum atomic E-state index is -0.355. The molecule has 0 spiro atoms. The van der Waals surface area contributed by atoms with E-state index in [1.165, 1.54) is 35.1 Å². The van der Waals surface area contributed by atoms with Crippen molar-refractivity contribution in [1.82, 2.24) is 4.90 Å². The van der Waals surface area contributed by atoms with Crippen molar-refractivity contribution in [2.24, 2.45) is 5.92 Å². The predicted molar refractivity (Wildman–Crippen MR) is 73.6 cm³/mol. The van der Waals surface area contributed by atoms with Gasteiger partial charge in [-0.2, -0.15) is 0 Å². The van der Waals surface area contributed by atoms with E-state index in [-0.39, 0.29) is 5.60 Å². The summed E-state index contributed by atoms with van der Waals surface area (Å²) in [6.07, 6.45) is 2.46. The van der Waals surface area contributed by atoms with Gasteiger partial charge in [0.25, 0.3) is 0 Å². The van der Waals surface area contributed by atoms with E-state index in [1.54, 1.807) is 0 Å². The van der Waals surface area contributed by atoms with Crippen molar-refractivity contribution in [3.05, 3.63) is 34.4 Å². The van der Waals surface area contributed by atoms with Crippen molar-refractivity contribution in [2.45, 2.75) is 45.8 Å². The van der Waals surface area contributed by atoms with Crippen molar-refractivity contribution < 1.29 is 5.11 Å². The molecular formula is C16H23NO. The highest BCUT2D eigenvalue weighted by atomic mass is 16.3. The topological polar surface area (TPSA) is 23.5 Å². The van der Waals surface area contributed by atoms with Crippen LogP contribution in [0.3, 0.4) is 0 Å². The zero-order chi connectivity index (χ0) is 12.9. The van der Waals surface area contributed by atoms with Crippen molar-refractivity contribution in [3.8, 4) is 0 Å². The summed E-state index contributed by atoms with van der Waals surface area (Å²) in [4.78, 5) is 2.38. The highest BCUT2D eigenvalue weighted by Crippen LogP contribution is 2.44. The van der Waals surface area contributed by atoms with Gasteiger partial charge in [0.05, 0.1) is 5.60 Å². The van der Waals surface area contributed by atoms with Crippen LogP contribution in [-0.4, -0.2) is 28.7 Å². The average molecular weight is 245 g/mol. The van der Waals surface area contributed by atoms with Crippen LogP contribution in [0.4, 0.5) is 0 Å². The Kier molecular flexibility index (Phi) is 2.76. The lowest BCUT2D eigenvalue weighted by Gasteiger charge is -2.47. The molecule has 0 unspecified atom stereocenters. The quantitative estimate of drug-likeness (QED) is 0.884. The molecule has 1 aromatic rings. The smallest absolute Gasteiger partial charge is 0.0928 e. The maximum absolute atomic E-state index is 10.3. The summed E-state index contributed by atoms with van der Waals surface area (Å²) in [5.74, 6) is 0.592. The van der Waals surface area contributed by atoms with Gasteiger partial charge < -0.3 is 5.11 Å². The Labute approximate surface area is 110 Å². The number of hydrogen-bond acceptors (Lipinski definition) is 2. The molecule has 0 bridgehead atoms. The number of hydrogen-bond donors (Lipinski definition) is 1. The first-order valence-electron chi connectivity index (χ1n) is 6.99. The maximum atomic E-state index is 10.3. The van der Waals surface area contributed by atoms with Crippen molar-refractivity contribution in [2.75, 3.05) is 13.1 Å². The van der Waals surface area contributed by atoms with Crippen molar-refractivity contribution >= 4 is 0 Å². The molecule has 1 N–H and O–H groups in total. The van der Waals surface area contributed by atoms with E-state index in [9.17, 15) is 5.11 Å². The van der Waals surface area contributed by atoms with Crippen LogP contribution in [0.1, 0.15) is 35.1 Å². The highest BCUT2D eigenvalue weighted by Gasteiger charge is 2.51. The van der Waals surface area contributed by atoms with Crippen LogP contribution in [0.15, 0.2) is 12.1 Å². The summed E-state index contributed by atoms with van der Waals surface area (Å²) in [6, 6.07) is 4.52. The second-order valence-electron chi connectivity index (χ2n) is 6.40. The summed E-state index contributed by atoms with van der Waals surface area (Å²) in [5, 5.41) is 10.3. The highest BCUT2D eigenvalue weighted by molar-refractivity contribution is 5.37. The molecular weight excluding hydrogens is 222 g/mol. The summed E-state index contributed by atoms with van der Waals surface area (Å²) in [5.41, 5.74) is 5.20. The fourth-order valence-corrected chi connectivity index (χ4v) is 3.40. The first-order valence-corrected chi connectivity index (χ1v) is 6.99. The molecule has 1 aliphatic carbocycles. The molecule has 0 radical (unpaired) electrons.